The number of fused-ring (bicyclic) bond motifs is 1. The maximum absolute atomic E-state index is 12.1. The zero-order valence-corrected chi connectivity index (χ0v) is 11.2. The van der Waals surface area contributed by atoms with Crippen molar-refractivity contribution in [2.24, 2.45) is 5.92 Å². The van der Waals surface area contributed by atoms with Crippen molar-refractivity contribution in [3.05, 3.63) is 36.4 Å². The Hall–Kier alpha value is -2.10. The van der Waals surface area contributed by atoms with Gasteiger partial charge in [-0.05, 0) is 6.42 Å². The molecule has 1 amide bonds. The zero-order chi connectivity index (χ0) is 13.4. The molecule has 2 heterocycles. The summed E-state index contributed by atoms with van der Waals surface area (Å²) in [6, 6.07) is 12.0. The fourth-order valence-electron chi connectivity index (χ4n) is 2.47. The summed E-state index contributed by atoms with van der Waals surface area (Å²) in [4.78, 5) is 13.9. The van der Waals surface area contributed by atoms with E-state index >= 15 is 0 Å². The summed E-state index contributed by atoms with van der Waals surface area (Å²) >= 11 is 0. The lowest BCUT2D eigenvalue weighted by molar-refractivity contribution is -0.121. The van der Waals surface area contributed by atoms with E-state index in [4.69, 9.17) is 0 Å². The van der Waals surface area contributed by atoms with Gasteiger partial charge in [-0.25, -0.2) is 4.68 Å². The van der Waals surface area contributed by atoms with Crippen LogP contribution < -0.4 is 4.90 Å². The molecule has 2 aromatic rings. The first-order valence-corrected chi connectivity index (χ1v) is 6.57. The molecule has 19 heavy (non-hydrogen) atoms. The zero-order valence-electron chi connectivity index (χ0n) is 11.2. The second kappa shape index (κ2) is 4.53. The van der Waals surface area contributed by atoms with Crippen LogP contribution in [0.4, 0.5) is 5.82 Å². The number of hydrogen-bond donors (Lipinski definition) is 0. The molecule has 1 aromatic carbocycles. The van der Waals surface area contributed by atoms with Crippen LogP contribution in [0.1, 0.15) is 13.3 Å². The molecule has 0 aliphatic carbocycles. The van der Waals surface area contributed by atoms with E-state index in [1.165, 1.54) is 0 Å². The Balaban J connectivity index is 2.03. The number of aromatic nitrogens is 2. The van der Waals surface area contributed by atoms with Crippen molar-refractivity contribution >= 4 is 11.7 Å². The Morgan fingerprint density at radius 3 is 2.74 bits per heavy atom. The molecule has 3 rings (SSSR count). The highest BCUT2D eigenvalue weighted by atomic mass is 16.2. The minimum Gasteiger partial charge on any atom is -0.300 e. The molecule has 4 heteroatoms. The SMILES string of the molecule is CC1CCn2nc(-c3ccccc3)cc2N(C)C1=O. The first-order chi connectivity index (χ1) is 9.16. The summed E-state index contributed by atoms with van der Waals surface area (Å²) in [5, 5.41) is 4.62. The summed E-state index contributed by atoms with van der Waals surface area (Å²) in [5.74, 6) is 1.11. The van der Waals surface area contributed by atoms with Crippen LogP contribution in [0.5, 0.6) is 0 Å². The molecule has 0 radical (unpaired) electrons. The first-order valence-electron chi connectivity index (χ1n) is 6.57. The number of nitrogens with zero attached hydrogens (tertiary/aromatic N) is 3. The summed E-state index contributed by atoms with van der Waals surface area (Å²) in [7, 11) is 1.83. The highest BCUT2D eigenvalue weighted by Crippen LogP contribution is 2.27. The van der Waals surface area contributed by atoms with Crippen molar-refractivity contribution in [3.8, 4) is 11.3 Å². The standard InChI is InChI=1S/C15H17N3O/c1-11-8-9-18-14(17(2)15(11)19)10-13(16-18)12-6-4-3-5-7-12/h3-7,10-11H,8-9H2,1-2H3. The molecule has 0 saturated heterocycles. The second-order valence-electron chi connectivity index (χ2n) is 5.06. The normalized spacial score (nSPS) is 19.2. The van der Waals surface area contributed by atoms with E-state index in [0.29, 0.717) is 0 Å². The molecular weight excluding hydrogens is 238 g/mol. The quantitative estimate of drug-likeness (QED) is 0.785. The number of amides is 1. The summed E-state index contributed by atoms with van der Waals surface area (Å²) in [6.07, 6.45) is 0.839. The number of carbonyl (C=O) groups excluding carboxylic acids is 1. The highest BCUT2D eigenvalue weighted by Gasteiger charge is 2.26. The lowest BCUT2D eigenvalue weighted by atomic mass is 10.1. The van der Waals surface area contributed by atoms with Crippen LogP contribution in [0.2, 0.25) is 0 Å². The van der Waals surface area contributed by atoms with Crippen LogP contribution >= 0.6 is 0 Å². The Kier molecular flexibility index (Phi) is 2.85. The summed E-state index contributed by atoms with van der Waals surface area (Å²) < 4.78 is 1.93. The van der Waals surface area contributed by atoms with Gasteiger partial charge in [0.15, 0.2) is 0 Å². The van der Waals surface area contributed by atoms with Crippen LogP contribution in [0, 0.1) is 5.92 Å². The minimum absolute atomic E-state index is 0.0619. The Labute approximate surface area is 112 Å². The van der Waals surface area contributed by atoms with Crippen molar-refractivity contribution in [1.82, 2.24) is 9.78 Å². The van der Waals surface area contributed by atoms with Gasteiger partial charge in [-0.1, -0.05) is 37.3 Å². The number of aryl methyl sites for hydroxylation is 1. The monoisotopic (exact) mass is 255 g/mol. The van der Waals surface area contributed by atoms with E-state index in [0.717, 1.165) is 30.0 Å². The number of hydrogen-bond acceptors (Lipinski definition) is 2. The molecule has 1 unspecified atom stereocenters. The van der Waals surface area contributed by atoms with Gasteiger partial charge in [0, 0.05) is 31.1 Å². The molecule has 98 valence electrons. The van der Waals surface area contributed by atoms with Gasteiger partial charge < -0.3 is 0 Å². The number of rotatable bonds is 1. The van der Waals surface area contributed by atoms with E-state index in [-0.39, 0.29) is 11.8 Å². The van der Waals surface area contributed by atoms with Crippen molar-refractivity contribution in [2.45, 2.75) is 19.9 Å². The number of anilines is 1. The lowest BCUT2D eigenvalue weighted by Gasteiger charge is -2.16. The summed E-state index contributed by atoms with van der Waals surface area (Å²) in [6.45, 7) is 2.77. The van der Waals surface area contributed by atoms with Gasteiger partial charge >= 0.3 is 0 Å². The Morgan fingerprint density at radius 2 is 2.00 bits per heavy atom. The van der Waals surface area contributed by atoms with Gasteiger partial charge in [0.25, 0.3) is 0 Å². The van der Waals surface area contributed by atoms with Crippen LogP contribution in [-0.4, -0.2) is 22.7 Å². The third-order valence-corrected chi connectivity index (χ3v) is 3.70. The maximum Gasteiger partial charge on any atom is 0.230 e. The maximum atomic E-state index is 12.1. The summed E-state index contributed by atoms with van der Waals surface area (Å²) in [5.41, 5.74) is 2.00. The minimum atomic E-state index is 0.0619. The molecule has 0 saturated carbocycles. The van der Waals surface area contributed by atoms with Crippen molar-refractivity contribution in [2.75, 3.05) is 11.9 Å². The highest BCUT2D eigenvalue weighted by molar-refractivity contribution is 5.94. The van der Waals surface area contributed by atoms with Gasteiger partial charge in [0.05, 0.1) is 5.69 Å². The van der Waals surface area contributed by atoms with E-state index < -0.39 is 0 Å². The van der Waals surface area contributed by atoms with Crippen LogP contribution in [0.25, 0.3) is 11.3 Å². The average Bonchev–Trinajstić information content (AvgIpc) is 2.84. The van der Waals surface area contributed by atoms with Gasteiger partial charge in [0.2, 0.25) is 5.91 Å². The molecule has 4 nitrogen and oxygen atoms in total. The first kappa shape index (κ1) is 12.0. The fraction of sp³-hybridized carbons (Fsp3) is 0.333. The molecule has 1 aliphatic heterocycles. The van der Waals surface area contributed by atoms with Crippen LogP contribution in [0.3, 0.4) is 0 Å². The van der Waals surface area contributed by atoms with E-state index in [9.17, 15) is 4.79 Å². The Morgan fingerprint density at radius 1 is 1.26 bits per heavy atom. The van der Waals surface area contributed by atoms with Crippen molar-refractivity contribution in [1.29, 1.82) is 0 Å². The van der Waals surface area contributed by atoms with Gasteiger partial charge in [0.1, 0.15) is 5.82 Å². The van der Waals surface area contributed by atoms with Gasteiger partial charge in [-0.3, -0.25) is 9.69 Å². The van der Waals surface area contributed by atoms with E-state index in [2.05, 4.69) is 5.10 Å². The smallest absolute Gasteiger partial charge is 0.230 e. The molecule has 0 spiro atoms. The van der Waals surface area contributed by atoms with Crippen LogP contribution in [-0.2, 0) is 11.3 Å². The Bertz CT molecular complexity index is 603. The van der Waals surface area contributed by atoms with E-state index in [1.807, 2.05) is 55.1 Å². The number of benzene rings is 1. The number of carbonyl (C=O) groups is 1. The van der Waals surface area contributed by atoms with Crippen LogP contribution in [0.15, 0.2) is 36.4 Å². The van der Waals surface area contributed by atoms with Gasteiger partial charge in [-0.2, -0.15) is 5.10 Å². The van der Waals surface area contributed by atoms with E-state index in [1.54, 1.807) is 4.90 Å². The molecule has 0 N–H and O–H groups in total. The molecule has 1 aliphatic rings. The predicted molar refractivity (Wildman–Crippen MR) is 74.9 cm³/mol. The third kappa shape index (κ3) is 2.03. The fourth-order valence-corrected chi connectivity index (χ4v) is 2.47. The van der Waals surface area contributed by atoms with Gasteiger partial charge in [-0.15, -0.1) is 0 Å². The largest absolute Gasteiger partial charge is 0.300 e. The topological polar surface area (TPSA) is 38.1 Å². The second-order valence-corrected chi connectivity index (χ2v) is 5.06. The molecular formula is C15H17N3O. The predicted octanol–water partition coefficient (Wildman–Crippen LogP) is 2.55. The molecule has 0 fully saturated rings. The van der Waals surface area contributed by atoms with Crippen molar-refractivity contribution in [3.63, 3.8) is 0 Å². The molecule has 1 atom stereocenters. The third-order valence-electron chi connectivity index (χ3n) is 3.70. The van der Waals surface area contributed by atoms with Crippen molar-refractivity contribution < 1.29 is 4.79 Å². The molecule has 0 bridgehead atoms. The average molecular weight is 255 g/mol. The molecule has 1 aromatic heterocycles. The lowest BCUT2D eigenvalue weighted by Crippen LogP contribution is -2.30.